The van der Waals surface area contributed by atoms with Gasteiger partial charge in [-0.2, -0.15) is 0 Å². The molecule has 0 unspecified atom stereocenters. The van der Waals surface area contributed by atoms with E-state index in [4.69, 9.17) is 15.6 Å². The van der Waals surface area contributed by atoms with Crippen LogP contribution in [0.4, 0.5) is 0 Å². The Morgan fingerprint density at radius 3 is 2.64 bits per heavy atom. The highest BCUT2D eigenvalue weighted by molar-refractivity contribution is 5.67. The Morgan fingerprint density at radius 1 is 1.55 bits per heavy atom. The van der Waals surface area contributed by atoms with E-state index >= 15 is 0 Å². The van der Waals surface area contributed by atoms with E-state index in [1.807, 2.05) is 0 Å². The molecule has 1 rings (SSSR count). The Bertz CT molecular complexity index is 149. The van der Waals surface area contributed by atoms with Crippen LogP contribution in [0.1, 0.15) is 19.3 Å². The second-order valence-electron chi connectivity index (χ2n) is 2.79. The van der Waals surface area contributed by atoms with Crippen LogP contribution < -0.4 is 5.73 Å². The van der Waals surface area contributed by atoms with Gasteiger partial charge in [-0.3, -0.25) is 4.79 Å². The summed E-state index contributed by atoms with van der Waals surface area (Å²) >= 11 is 0. The lowest BCUT2D eigenvalue weighted by Gasteiger charge is -2.08. The first-order valence-corrected chi connectivity index (χ1v) is 3.79. The van der Waals surface area contributed by atoms with Crippen molar-refractivity contribution in [1.82, 2.24) is 0 Å². The van der Waals surface area contributed by atoms with Crippen LogP contribution in [0.15, 0.2) is 0 Å². The summed E-state index contributed by atoms with van der Waals surface area (Å²) in [5, 5.41) is 8.42. The van der Waals surface area contributed by atoms with Crippen molar-refractivity contribution in [2.45, 2.75) is 31.5 Å². The van der Waals surface area contributed by atoms with Gasteiger partial charge in [-0.1, -0.05) is 0 Å². The summed E-state index contributed by atoms with van der Waals surface area (Å²) < 4.78 is 5.32. The molecule has 1 heterocycles. The predicted molar refractivity (Wildman–Crippen MR) is 39.2 cm³/mol. The van der Waals surface area contributed by atoms with Crippen molar-refractivity contribution in [2.24, 2.45) is 5.73 Å². The average molecular weight is 159 g/mol. The van der Waals surface area contributed by atoms with Crippen molar-refractivity contribution in [2.75, 3.05) is 6.54 Å². The summed E-state index contributed by atoms with van der Waals surface area (Å²) in [5.41, 5.74) is 5.35. The Labute approximate surface area is 65.3 Å². The Kier molecular flexibility index (Phi) is 2.84. The second kappa shape index (κ2) is 3.69. The van der Waals surface area contributed by atoms with Gasteiger partial charge in [0.1, 0.15) is 0 Å². The SMILES string of the molecule is NC[C@H]1CC[C@@H](CC(=O)O)O1. The molecule has 0 aromatic carbocycles. The number of ether oxygens (including phenoxy) is 1. The number of hydrogen-bond acceptors (Lipinski definition) is 3. The van der Waals surface area contributed by atoms with Gasteiger partial charge < -0.3 is 15.6 Å². The van der Waals surface area contributed by atoms with Gasteiger partial charge in [-0.25, -0.2) is 0 Å². The minimum absolute atomic E-state index is 0.0827. The highest BCUT2D eigenvalue weighted by Crippen LogP contribution is 2.20. The number of nitrogens with two attached hydrogens (primary N) is 1. The molecule has 0 bridgehead atoms. The zero-order valence-corrected chi connectivity index (χ0v) is 6.32. The first kappa shape index (κ1) is 8.49. The highest BCUT2D eigenvalue weighted by atomic mass is 16.5. The summed E-state index contributed by atoms with van der Waals surface area (Å²) in [6.45, 7) is 0.496. The predicted octanol–water partition coefficient (Wildman–Crippen LogP) is -0.0326. The van der Waals surface area contributed by atoms with E-state index in [1.165, 1.54) is 0 Å². The first-order valence-electron chi connectivity index (χ1n) is 3.79. The number of hydrogen-bond donors (Lipinski definition) is 2. The maximum atomic E-state index is 10.2. The van der Waals surface area contributed by atoms with Gasteiger partial charge in [0.25, 0.3) is 0 Å². The van der Waals surface area contributed by atoms with Crippen molar-refractivity contribution < 1.29 is 14.6 Å². The van der Waals surface area contributed by atoms with Gasteiger partial charge >= 0.3 is 5.97 Å². The van der Waals surface area contributed by atoms with Crippen LogP contribution in [0.3, 0.4) is 0 Å². The molecule has 4 nitrogen and oxygen atoms in total. The van der Waals surface area contributed by atoms with Crippen LogP contribution in [-0.2, 0) is 9.53 Å². The van der Waals surface area contributed by atoms with E-state index in [-0.39, 0.29) is 18.6 Å². The van der Waals surface area contributed by atoms with Gasteiger partial charge in [0, 0.05) is 6.54 Å². The molecule has 1 saturated heterocycles. The Morgan fingerprint density at radius 2 is 2.18 bits per heavy atom. The normalized spacial score (nSPS) is 30.6. The molecule has 11 heavy (non-hydrogen) atoms. The summed E-state index contributed by atoms with van der Waals surface area (Å²) in [7, 11) is 0. The van der Waals surface area contributed by atoms with Crippen LogP contribution in [0, 0.1) is 0 Å². The molecule has 1 aliphatic rings. The van der Waals surface area contributed by atoms with Crippen LogP contribution in [-0.4, -0.2) is 29.8 Å². The third-order valence-electron chi connectivity index (χ3n) is 1.86. The number of rotatable bonds is 3. The fourth-order valence-corrected chi connectivity index (χ4v) is 1.30. The molecule has 2 atom stereocenters. The molecule has 64 valence electrons. The molecular formula is C7H13NO3. The molecule has 0 amide bonds. The summed E-state index contributed by atoms with van der Waals surface area (Å²) in [6, 6.07) is 0. The Balaban J connectivity index is 2.24. The lowest BCUT2D eigenvalue weighted by Crippen LogP contribution is -2.21. The van der Waals surface area contributed by atoms with E-state index in [1.54, 1.807) is 0 Å². The van der Waals surface area contributed by atoms with Crippen molar-refractivity contribution in [3.8, 4) is 0 Å². The summed E-state index contributed by atoms with van der Waals surface area (Å²) in [5.74, 6) is -0.798. The van der Waals surface area contributed by atoms with Crippen molar-refractivity contribution in [3.05, 3.63) is 0 Å². The minimum Gasteiger partial charge on any atom is -0.481 e. The van der Waals surface area contributed by atoms with Crippen molar-refractivity contribution >= 4 is 5.97 Å². The van der Waals surface area contributed by atoms with Gasteiger partial charge in [-0.15, -0.1) is 0 Å². The van der Waals surface area contributed by atoms with Gasteiger partial charge in [-0.05, 0) is 12.8 Å². The molecule has 0 radical (unpaired) electrons. The molecule has 4 heteroatoms. The zero-order chi connectivity index (χ0) is 8.27. The maximum Gasteiger partial charge on any atom is 0.305 e. The minimum atomic E-state index is -0.798. The second-order valence-corrected chi connectivity index (χ2v) is 2.79. The van der Waals surface area contributed by atoms with E-state index < -0.39 is 5.97 Å². The zero-order valence-electron chi connectivity index (χ0n) is 6.32. The summed E-state index contributed by atoms with van der Waals surface area (Å²) in [4.78, 5) is 10.2. The Hall–Kier alpha value is -0.610. The largest absolute Gasteiger partial charge is 0.481 e. The molecule has 0 spiro atoms. The number of carbonyl (C=O) groups is 1. The molecule has 3 N–H and O–H groups in total. The van der Waals surface area contributed by atoms with Crippen molar-refractivity contribution in [1.29, 1.82) is 0 Å². The smallest absolute Gasteiger partial charge is 0.305 e. The topological polar surface area (TPSA) is 72.6 Å². The van der Waals surface area contributed by atoms with Crippen LogP contribution in [0.5, 0.6) is 0 Å². The van der Waals surface area contributed by atoms with Crippen molar-refractivity contribution in [3.63, 3.8) is 0 Å². The van der Waals surface area contributed by atoms with Crippen LogP contribution in [0.25, 0.3) is 0 Å². The van der Waals surface area contributed by atoms with E-state index in [0.717, 1.165) is 12.8 Å². The number of carboxylic acids is 1. The lowest BCUT2D eigenvalue weighted by atomic mass is 10.1. The molecule has 1 fully saturated rings. The van der Waals surface area contributed by atoms with Gasteiger partial charge in [0.2, 0.25) is 0 Å². The maximum absolute atomic E-state index is 10.2. The molecule has 0 aromatic rings. The lowest BCUT2D eigenvalue weighted by molar-refractivity contribution is -0.139. The standard InChI is InChI=1S/C7H13NO3/c8-4-6-2-1-5(11-6)3-7(9)10/h5-6H,1-4,8H2,(H,9,10)/t5-,6+/m0/s1. The van der Waals surface area contributed by atoms with E-state index in [0.29, 0.717) is 6.54 Å². The monoisotopic (exact) mass is 159 g/mol. The first-order chi connectivity index (χ1) is 5.22. The highest BCUT2D eigenvalue weighted by Gasteiger charge is 2.25. The molecule has 0 saturated carbocycles. The summed E-state index contributed by atoms with van der Waals surface area (Å²) in [6.07, 6.45) is 1.81. The fraction of sp³-hybridized carbons (Fsp3) is 0.857. The third-order valence-corrected chi connectivity index (χ3v) is 1.86. The molecule has 0 aliphatic carbocycles. The fourth-order valence-electron chi connectivity index (χ4n) is 1.30. The average Bonchev–Trinajstić information content (AvgIpc) is 2.34. The number of carboxylic acid groups (broad SMARTS) is 1. The van der Waals surface area contributed by atoms with Gasteiger partial charge in [0.15, 0.2) is 0 Å². The van der Waals surface area contributed by atoms with Crippen LogP contribution >= 0.6 is 0 Å². The third kappa shape index (κ3) is 2.48. The van der Waals surface area contributed by atoms with E-state index in [9.17, 15) is 4.79 Å². The van der Waals surface area contributed by atoms with E-state index in [2.05, 4.69) is 0 Å². The molecule has 1 aliphatic heterocycles. The molecular weight excluding hydrogens is 146 g/mol. The quantitative estimate of drug-likeness (QED) is 0.606. The van der Waals surface area contributed by atoms with Gasteiger partial charge in [0.05, 0.1) is 18.6 Å². The van der Waals surface area contributed by atoms with Crippen LogP contribution in [0.2, 0.25) is 0 Å². The molecule has 0 aromatic heterocycles. The number of aliphatic carboxylic acids is 1.